The van der Waals surface area contributed by atoms with Crippen LogP contribution in [0.4, 0.5) is 0 Å². The normalized spacial score (nSPS) is 13.7. The maximum Gasteiger partial charge on any atom is 0.308 e. The van der Waals surface area contributed by atoms with Gasteiger partial charge in [-0.2, -0.15) is 0 Å². The molecule has 2 unspecified atom stereocenters. The molecule has 0 radical (unpaired) electrons. The van der Waals surface area contributed by atoms with E-state index < -0.39 is 18.2 Å². The minimum Gasteiger partial charge on any atom is -0.466 e. The Morgan fingerprint density at radius 1 is 1.44 bits per heavy atom. The third-order valence-corrected chi connectivity index (χ3v) is 2.43. The predicted octanol–water partition coefficient (Wildman–Crippen LogP) is 0.847. The number of hydrogen-bond acceptors (Lipinski definition) is 5. The highest BCUT2D eigenvalue weighted by molar-refractivity contribution is 5.75. The van der Waals surface area contributed by atoms with Crippen LogP contribution in [0.1, 0.15) is 35.4 Å². The molecule has 0 heterocycles. The van der Waals surface area contributed by atoms with Gasteiger partial charge in [-0.1, -0.05) is 18.2 Å². The maximum atomic E-state index is 11.2. The van der Waals surface area contributed by atoms with Gasteiger partial charge in [0.15, 0.2) is 0 Å². The highest BCUT2D eigenvalue weighted by Crippen LogP contribution is 2.20. The van der Waals surface area contributed by atoms with Crippen molar-refractivity contribution < 1.29 is 24.5 Å². The number of carbonyl (C=O) groups is 2. The lowest BCUT2D eigenvalue weighted by Crippen LogP contribution is -2.23. The fraction of sp³-hybridized carbons (Fsp3) is 0.385. The number of rotatable bonds is 6. The van der Waals surface area contributed by atoms with Crippen LogP contribution in [0.3, 0.4) is 0 Å². The maximum absolute atomic E-state index is 11.2. The smallest absolute Gasteiger partial charge is 0.308 e. The summed E-state index contributed by atoms with van der Waals surface area (Å²) in [6.45, 7) is 1.89. The number of aliphatic hydroxyl groups excluding tert-OH is 2. The highest BCUT2D eigenvalue weighted by atomic mass is 16.5. The Labute approximate surface area is 105 Å². The highest BCUT2D eigenvalue weighted by Gasteiger charge is 2.22. The van der Waals surface area contributed by atoms with Crippen molar-refractivity contribution in [1.29, 1.82) is 0 Å². The molecule has 0 amide bonds. The quantitative estimate of drug-likeness (QED) is 0.579. The second-order valence-corrected chi connectivity index (χ2v) is 3.81. The van der Waals surface area contributed by atoms with Crippen molar-refractivity contribution in [2.75, 3.05) is 6.61 Å². The zero-order valence-electron chi connectivity index (χ0n) is 10.1. The van der Waals surface area contributed by atoms with Crippen LogP contribution in [0.2, 0.25) is 0 Å². The molecule has 0 fully saturated rings. The molecule has 18 heavy (non-hydrogen) atoms. The van der Waals surface area contributed by atoms with Crippen LogP contribution in [0.15, 0.2) is 24.3 Å². The van der Waals surface area contributed by atoms with Gasteiger partial charge in [-0.05, 0) is 18.6 Å². The molecule has 2 atom stereocenters. The van der Waals surface area contributed by atoms with Crippen LogP contribution < -0.4 is 0 Å². The van der Waals surface area contributed by atoms with E-state index >= 15 is 0 Å². The lowest BCUT2D eigenvalue weighted by molar-refractivity contribution is -0.147. The van der Waals surface area contributed by atoms with Crippen LogP contribution in [0, 0.1) is 0 Å². The minimum absolute atomic E-state index is 0.224. The molecule has 0 saturated carbocycles. The summed E-state index contributed by atoms with van der Waals surface area (Å²) in [5.74, 6) is -0.574. The molecule has 0 aromatic heterocycles. The van der Waals surface area contributed by atoms with Gasteiger partial charge in [-0.3, -0.25) is 9.59 Å². The molecule has 0 aliphatic heterocycles. The van der Waals surface area contributed by atoms with E-state index in [0.717, 1.165) is 0 Å². The summed E-state index contributed by atoms with van der Waals surface area (Å²) in [5, 5.41) is 19.5. The van der Waals surface area contributed by atoms with E-state index in [0.29, 0.717) is 17.4 Å². The first kappa shape index (κ1) is 14.3. The third-order valence-electron chi connectivity index (χ3n) is 2.43. The van der Waals surface area contributed by atoms with Crippen LogP contribution in [-0.2, 0) is 9.53 Å². The molecular weight excluding hydrogens is 236 g/mol. The second kappa shape index (κ2) is 6.88. The Morgan fingerprint density at radius 2 is 2.17 bits per heavy atom. The number of esters is 1. The van der Waals surface area contributed by atoms with Gasteiger partial charge in [0, 0.05) is 5.56 Å². The lowest BCUT2D eigenvalue weighted by atomic mass is 10.0. The Kier molecular flexibility index (Phi) is 5.48. The number of aliphatic hydroxyl groups is 2. The van der Waals surface area contributed by atoms with E-state index in [1.165, 1.54) is 6.07 Å². The first-order chi connectivity index (χ1) is 8.58. The monoisotopic (exact) mass is 252 g/mol. The van der Waals surface area contributed by atoms with Gasteiger partial charge in [0.1, 0.15) is 12.4 Å². The molecule has 98 valence electrons. The zero-order chi connectivity index (χ0) is 13.5. The minimum atomic E-state index is -1.26. The molecule has 1 aromatic rings. The second-order valence-electron chi connectivity index (χ2n) is 3.81. The molecule has 0 aliphatic rings. The Bertz CT molecular complexity index is 416. The topological polar surface area (TPSA) is 83.8 Å². The average Bonchev–Trinajstić information content (AvgIpc) is 2.38. The predicted molar refractivity (Wildman–Crippen MR) is 64.0 cm³/mol. The Hall–Kier alpha value is -1.72. The number of hydrogen-bond donors (Lipinski definition) is 2. The van der Waals surface area contributed by atoms with Gasteiger partial charge < -0.3 is 14.9 Å². The summed E-state index contributed by atoms with van der Waals surface area (Å²) in [5.41, 5.74) is 0.784. The molecule has 0 spiro atoms. The number of ether oxygens (including phenoxy) is 1. The van der Waals surface area contributed by atoms with Crippen LogP contribution in [0.25, 0.3) is 0 Å². The van der Waals surface area contributed by atoms with E-state index in [-0.39, 0.29) is 13.0 Å². The van der Waals surface area contributed by atoms with Crippen LogP contribution >= 0.6 is 0 Å². The number of benzene rings is 1. The van der Waals surface area contributed by atoms with Crippen LogP contribution in [0.5, 0.6) is 0 Å². The average molecular weight is 252 g/mol. The molecular formula is C13H16O5. The van der Waals surface area contributed by atoms with Gasteiger partial charge in [-0.25, -0.2) is 0 Å². The molecule has 1 rings (SSSR count). The SMILES string of the molecule is CCOC(=O)CC(O)C(O)c1cccc(C=O)c1. The van der Waals surface area contributed by atoms with E-state index in [1.807, 2.05) is 0 Å². The molecule has 5 heteroatoms. The largest absolute Gasteiger partial charge is 0.466 e. The van der Waals surface area contributed by atoms with Crippen LogP contribution in [-0.4, -0.2) is 35.2 Å². The Balaban J connectivity index is 2.70. The third kappa shape index (κ3) is 3.94. The molecule has 2 N–H and O–H groups in total. The Morgan fingerprint density at radius 3 is 2.78 bits per heavy atom. The van der Waals surface area contributed by atoms with Gasteiger partial charge in [0.25, 0.3) is 0 Å². The summed E-state index contributed by atoms with van der Waals surface area (Å²) in [7, 11) is 0. The van der Waals surface area contributed by atoms with Crippen molar-refractivity contribution >= 4 is 12.3 Å². The molecule has 0 bridgehead atoms. The summed E-state index contributed by atoms with van der Waals surface area (Å²) in [6, 6.07) is 6.22. The summed E-state index contributed by atoms with van der Waals surface area (Å²) in [4.78, 5) is 21.8. The summed E-state index contributed by atoms with van der Waals surface area (Å²) in [6.07, 6.45) is -2.13. The zero-order valence-corrected chi connectivity index (χ0v) is 10.1. The van der Waals surface area contributed by atoms with Gasteiger partial charge in [0.05, 0.1) is 19.1 Å². The van der Waals surface area contributed by atoms with Gasteiger partial charge in [0.2, 0.25) is 0 Å². The standard InChI is InChI=1S/C13H16O5/c1-2-18-12(16)7-11(15)13(17)10-5-3-4-9(6-10)8-14/h3-6,8,11,13,15,17H,2,7H2,1H3. The van der Waals surface area contributed by atoms with Gasteiger partial charge in [-0.15, -0.1) is 0 Å². The first-order valence-electron chi connectivity index (χ1n) is 5.65. The first-order valence-corrected chi connectivity index (χ1v) is 5.65. The van der Waals surface area contributed by atoms with Crippen molar-refractivity contribution in [3.63, 3.8) is 0 Å². The van der Waals surface area contributed by atoms with E-state index in [4.69, 9.17) is 0 Å². The summed E-state index contributed by atoms with van der Waals surface area (Å²) < 4.78 is 4.68. The number of carbonyl (C=O) groups excluding carboxylic acids is 2. The fourth-order valence-corrected chi connectivity index (χ4v) is 1.54. The summed E-state index contributed by atoms with van der Waals surface area (Å²) >= 11 is 0. The molecule has 0 aliphatic carbocycles. The van der Waals surface area contributed by atoms with E-state index in [2.05, 4.69) is 4.74 Å². The fourth-order valence-electron chi connectivity index (χ4n) is 1.54. The van der Waals surface area contributed by atoms with Crippen molar-refractivity contribution in [3.05, 3.63) is 35.4 Å². The van der Waals surface area contributed by atoms with Gasteiger partial charge >= 0.3 is 5.97 Å². The number of aldehydes is 1. The van der Waals surface area contributed by atoms with Crippen molar-refractivity contribution in [2.45, 2.75) is 25.6 Å². The molecule has 0 saturated heterocycles. The van der Waals surface area contributed by atoms with Crippen molar-refractivity contribution in [3.8, 4) is 0 Å². The molecule has 1 aromatic carbocycles. The lowest BCUT2D eigenvalue weighted by Gasteiger charge is -2.17. The van der Waals surface area contributed by atoms with E-state index in [1.54, 1.807) is 25.1 Å². The van der Waals surface area contributed by atoms with Crippen molar-refractivity contribution in [2.24, 2.45) is 0 Å². The van der Waals surface area contributed by atoms with E-state index in [9.17, 15) is 19.8 Å². The van der Waals surface area contributed by atoms with Crippen molar-refractivity contribution in [1.82, 2.24) is 0 Å². The molecule has 5 nitrogen and oxygen atoms in total.